The zero-order valence-electron chi connectivity index (χ0n) is 17.0. The molecule has 0 saturated carbocycles. The highest BCUT2D eigenvalue weighted by Gasteiger charge is 2.26. The van der Waals surface area contributed by atoms with Crippen molar-refractivity contribution in [3.05, 3.63) is 64.6 Å². The van der Waals surface area contributed by atoms with Gasteiger partial charge < -0.3 is 20.4 Å². The number of aromatic amines is 1. The fourth-order valence-electron chi connectivity index (χ4n) is 4.19. The smallest absolute Gasteiger partial charge is 0.268 e. The van der Waals surface area contributed by atoms with Crippen LogP contribution in [0.25, 0.3) is 33.1 Å². The summed E-state index contributed by atoms with van der Waals surface area (Å²) >= 11 is 0. The van der Waals surface area contributed by atoms with Crippen LogP contribution in [0.2, 0.25) is 0 Å². The maximum absolute atomic E-state index is 13.0. The molecule has 1 aliphatic heterocycles. The number of hydrogen-bond donors (Lipinski definition) is 2. The number of para-hydroxylation sites is 1. The van der Waals surface area contributed by atoms with Crippen molar-refractivity contribution in [1.82, 2.24) is 15.0 Å². The van der Waals surface area contributed by atoms with Gasteiger partial charge in [0.15, 0.2) is 5.43 Å². The van der Waals surface area contributed by atoms with Crippen LogP contribution in [-0.2, 0) is 4.74 Å². The van der Waals surface area contributed by atoms with Crippen LogP contribution in [0.15, 0.2) is 53.5 Å². The van der Waals surface area contributed by atoms with Crippen molar-refractivity contribution in [3.8, 4) is 11.3 Å². The number of carbonyl (C=O) groups is 1. The van der Waals surface area contributed by atoms with Gasteiger partial charge in [0, 0.05) is 43.4 Å². The van der Waals surface area contributed by atoms with Crippen molar-refractivity contribution in [2.45, 2.75) is 12.5 Å². The van der Waals surface area contributed by atoms with Crippen molar-refractivity contribution in [1.29, 1.82) is 0 Å². The minimum absolute atomic E-state index is 0.0374. The second kappa shape index (κ2) is 7.48. The number of aromatic nitrogens is 3. The van der Waals surface area contributed by atoms with E-state index in [-0.39, 0.29) is 22.6 Å². The van der Waals surface area contributed by atoms with Crippen molar-refractivity contribution in [2.75, 3.05) is 25.1 Å². The first-order chi connectivity index (χ1) is 15.0. The molecule has 0 bridgehead atoms. The minimum Gasteiger partial charge on any atom is -0.380 e. The Morgan fingerprint density at radius 1 is 1.26 bits per heavy atom. The number of methoxy groups -OCH3 is 1. The molecular formula is C23H21N5O3. The highest BCUT2D eigenvalue weighted by molar-refractivity contribution is 6.04. The number of pyridine rings is 3. The Bertz CT molecular complexity index is 1380. The number of ether oxygens (including phenoxy) is 1. The Morgan fingerprint density at radius 2 is 2.10 bits per heavy atom. The van der Waals surface area contributed by atoms with Crippen LogP contribution < -0.4 is 16.1 Å². The van der Waals surface area contributed by atoms with Gasteiger partial charge in [0.25, 0.3) is 5.91 Å². The third kappa shape index (κ3) is 3.30. The number of nitrogens with two attached hydrogens (primary N) is 1. The molecule has 8 nitrogen and oxygen atoms in total. The van der Waals surface area contributed by atoms with Gasteiger partial charge in [0.2, 0.25) is 0 Å². The van der Waals surface area contributed by atoms with Crippen molar-refractivity contribution >= 4 is 33.5 Å². The molecule has 1 aliphatic rings. The SMILES string of the molecule is COC1CCN(c2nc3ccccc3cc2-c2cc(=O)c3c(C(N)=O)nccc3[nH]2)C1. The van der Waals surface area contributed by atoms with Crippen LogP contribution in [0.5, 0.6) is 0 Å². The normalized spacial score (nSPS) is 16.3. The van der Waals surface area contributed by atoms with E-state index in [0.717, 1.165) is 41.8 Å². The van der Waals surface area contributed by atoms with Crippen LogP contribution in [0.1, 0.15) is 16.9 Å². The number of nitrogens with zero attached hydrogens (tertiary/aromatic N) is 3. The minimum atomic E-state index is -0.736. The first-order valence-corrected chi connectivity index (χ1v) is 10.0. The molecule has 1 fully saturated rings. The third-order valence-corrected chi connectivity index (χ3v) is 5.75. The molecule has 1 amide bonds. The molecule has 0 aliphatic carbocycles. The fourth-order valence-corrected chi connectivity index (χ4v) is 4.19. The number of primary amides is 1. The van der Waals surface area contributed by atoms with Crippen molar-refractivity contribution in [3.63, 3.8) is 0 Å². The number of nitrogens with one attached hydrogen (secondary N) is 1. The quantitative estimate of drug-likeness (QED) is 0.529. The number of fused-ring (bicyclic) bond motifs is 2. The van der Waals surface area contributed by atoms with Gasteiger partial charge in [-0.2, -0.15) is 0 Å². The lowest BCUT2D eigenvalue weighted by atomic mass is 10.1. The molecule has 5 rings (SSSR count). The molecule has 31 heavy (non-hydrogen) atoms. The summed E-state index contributed by atoms with van der Waals surface area (Å²) in [6.07, 6.45) is 2.51. The molecule has 1 atom stereocenters. The van der Waals surface area contributed by atoms with Crippen LogP contribution >= 0.6 is 0 Å². The van der Waals surface area contributed by atoms with Gasteiger partial charge in [0.05, 0.1) is 28.2 Å². The molecule has 1 saturated heterocycles. The summed E-state index contributed by atoms with van der Waals surface area (Å²) in [4.78, 5) is 39.1. The molecule has 8 heteroatoms. The Morgan fingerprint density at radius 3 is 2.87 bits per heavy atom. The number of rotatable bonds is 4. The zero-order valence-corrected chi connectivity index (χ0v) is 17.0. The van der Waals surface area contributed by atoms with Crippen LogP contribution in [-0.4, -0.2) is 47.2 Å². The monoisotopic (exact) mass is 415 g/mol. The van der Waals surface area contributed by atoms with Gasteiger partial charge in [-0.3, -0.25) is 14.6 Å². The lowest BCUT2D eigenvalue weighted by Gasteiger charge is -2.21. The molecule has 3 aromatic heterocycles. The predicted molar refractivity (Wildman–Crippen MR) is 119 cm³/mol. The average Bonchev–Trinajstić information content (AvgIpc) is 3.27. The summed E-state index contributed by atoms with van der Waals surface area (Å²) in [6.45, 7) is 1.53. The Kier molecular flexibility index (Phi) is 4.63. The molecule has 4 heterocycles. The highest BCUT2D eigenvalue weighted by atomic mass is 16.5. The maximum Gasteiger partial charge on any atom is 0.268 e. The molecule has 1 aromatic carbocycles. The number of benzene rings is 1. The summed E-state index contributed by atoms with van der Waals surface area (Å²) in [6, 6.07) is 13.1. The van der Waals surface area contributed by atoms with Gasteiger partial charge >= 0.3 is 0 Å². The topological polar surface area (TPSA) is 114 Å². The van der Waals surface area contributed by atoms with E-state index in [9.17, 15) is 9.59 Å². The van der Waals surface area contributed by atoms with Crippen LogP contribution in [0.4, 0.5) is 5.82 Å². The van der Waals surface area contributed by atoms with E-state index < -0.39 is 5.91 Å². The van der Waals surface area contributed by atoms with Crippen LogP contribution in [0.3, 0.4) is 0 Å². The number of carbonyl (C=O) groups excluding carboxylic acids is 1. The second-order valence-electron chi connectivity index (χ2n) is 7.64. The Labute approximate surface area is 177 Å². The van der Waals surface area contributed by atoms with Crippen molar-refractivity contribution < 1.29 is 9.53 Å². The summed E-state index contributed by atoms with van der Waals surface area (Å²) in [7, 11) is 1.72. The Balaban J connectivity index is 1.74. The summed E-state index contributed by atoms with van der Waals surface area (Å²) in [5.41, 5.74) is 7.87. The van der Waals surface area contributed by atoms with Gasteiger partial charge in [-0.1, -0.05) is 18.2 Å². The lowest BCUT2D eigenvalue weighted by molar-refractivity contribution is 0.0997. The summed E-state index contributed by atoms with van der Waals surface area (Å²) < 4.78 is 5.53. The molecule has 4 aromatic rings. The van der Waals surface area contributed by atoms with E-state index in [1.807, 2.05) is 30.3 Å². The first-order valence-electron chi connectivity index (χ1n) is 10.0. The largest absolute Gasteiger partial charge is 0.380 e. The average molecular weight is 415 g/mol. The molecule has 0 spiro atoms. The maximum atomic E-state index is 13.0. The highest BCUT2D eigenvalue weighted by Crippen LogP contribution is 2.34. The van der Waals surface area contributed by atoms with E-state index in [1.54, 1.807) is 13.2 Å². The molecular weight excluding hydrogens is 394 g/mol. The third-order valence-electron chi connectivity index (χ3n) is 5.75. The van der Waals surface area contributed by atoms with Gasteiger partial charge in [-0.15, -0.1) is 0 Å². The Hall–Kier alpha value is -3.78. The number of H-pyrrole nitrogens is 1. The number of amides is 1. The molecule has 1 unspecified atom stereocenters. The first kappa shape index (κ1) is 19.2. The fraction of sp³-hybridized carbons (Fsp3) is 0.217. The molecule has 0 radical (unpaired) electrons. The summed E-state index contributed by atoms with van der Waals surface area (Å²) in [5.74, 6) is 0.0528. The molecule has 156 valence electrons. The van der Waals surface area contributed by atoms with Gasteiger partial charge in [-0.05, 0) is 24.6 Å². The van der Waals surface area contributed by atoms with E-state index in [2.05, 4.69) is 14.9 Å². The standard InChI is InChI=1S/C23H21N5O3/c1-31-14-7-9-28(12-14)23-15(10-13-4-2-3-5-16(13)27-23)18-11-19(29)20-17(26-18)6-8-25-21(20)22(24)30/h2-6,8,10-11,14H,7,9,12H2,1H3,(H2,24,30)(H,26,29). The predicted octanol–water partition coefficient (Wildman–Crippen LogP) is 2.46. The lowest BCUT2D eigenvalue weighted by Crippen LogP contribution is -2.24. The van der Waals surface area contributed by atoms with Gasteiger partial charge in [0.1, 0.15) is 11.5 Å². The molecule has 3 N–H and O–H groups in total. The number of anilines is 1. The van der Waals surface area contributed by atoms with Gasteiger partial charge in [-0.25, -0.2) is 4.98 Å². The van der Waals surface area contributed by atoms with Crippen LogP contribution in [0, 0.1) is 0 Å². The van der Waals surface area contributed by atoms with E-state index in [0.29, 0.717) is 11.2 Å². The van der Waals surface area contributed by atoms with E-state index in [4.69, 9.17) is 15.5 Å². The zero-order chi connectivity index (χ0) is 21.5. The van der Waals surface area contributed by atoms with E-state index >= 15 is 0 Å². The second-order valence-corrected chi connectivity index (χ2v) is 7.64. The van der Waals surface area contributed by atoms with E-state index in [1.165, 1.54) is 12.3 Å². The summed E-state index contributed by atoms with van der Waals surface area (Å²) in [5, 5.41) is 1.16. The van der Waals surface area contributed by atoms with Crippen molar-refractivity contribution in [2.24, 2.45) is 5.73 Å². The number of hydrogen-bond acceptors (Lipinski definition) is 6.